The molecule has 1 heterocycles. The molecule has 7 nitrogen and oxygen atoms in total. The minimum absolute atomic E-state index is 0.0336. The third-order valence-electron chi connectivity index (χ3n) is 2.47. The molecular formula is C11H17ClN4O3. The largest absolute Gasteiger partial charge is 0.461 e. The number of alkyl halides is 1. The molecule has 0 radical (unpaired) electrons. The lowest BCUT2D eigenvalue weighted by Gasteiger charge is -2.10. The molecule has 106 valence electrons. The van der Waals surface area contributed by atoms with Crippen LogP contribution in [0.25, 0.3) is 0 Å². The number of nitrogens with zero attached hydrogens (tertiary/aromatic N) is 4. The van der Waals surface area contributed by atoms with E-state index in [0.717, 1.165) is 0 Å². The number of carbonyl (C=O) groups excluding carboxylic acids is 2. The van der Waals surface area contributed by atoms with Crippen LogP contribution in [-0.2, 0) is 22.0 Å². The number of aryl methyl sites for hydroxylation is 1. The first-order valence-corrected chi connectivity index (χ1v) is 6.40. The lowest BCUT2D eigenvalue weighted by atomic mass is 10.3. The predicted molar refractivity (Wildman–Crippen MR) is 68.8 cm³/mol. The Bertz CT molecular complexity index is 459. The fraction of sp³-hybridized carbons (Fsp3) is 0.636. The Kier molecular flexibility index (Phi) is 5.75. The van der Waals surface area contributed by atoms with Crippen molar-refractivity contribution in [1.29, 1.82) is 0 Å². The summed E-state index contributed by atoms with van der Waals surface area (Å²) >= 11 is 5.80. The van der Waals surface area contributed by atoms with Gasteiger partial charge in [-0.05, 0) is 6.92 Å². The molecule has 1 amide bonds. The van der Waals surface area contributed by atoms with Crippen LogP contribution in [0.5, 0.6) is 0 Å². The second-order valence-corrected chi connectivity index (χ2v) is 4.27. The number of aromatic nitrogens is 3. The zero-order chi connectivity index (χ0) is 14.4. The Morgan fingerprint density at radius 2 is 2.11 bits per heavy atom. The van der Waals surface area contributed by atoms with Crippen molar-refractivity contribution in [2.24, 2.45) is 0 Å². The molecule has 0 fully saturated rings. The topological polar surface area (TPSA) is 77.3 Å². The number of halogens is 1. The van der Waals surface area contributed by atoms with Gasteiger partial charge in [0.15, 0.2) is 5.69 Å². The van der Waals surface area contributed by atoms with Crippen molar-refractivity contribution >= 4 is 23.5 Å². The highest BCUT2D eigenvalue weighted by molar-refractivity contribution is 6.17. The van der Waals surface area contributed by atoms with Crippen molar-refractivity contribution in [2.45, 2.75) is 25.8 Å². The van der Waals surface area contributed by atoms with E-state index in [9.17, 15) is 9.59 Å². The molecule has 0 N–H and O–H groups in total. The van der Waals surface area contributed by atoms with Gasteiger partial charge in [0.25, 0.3) is 0 Å². The Balaban J connectivity index is 2.80. The van der Waals surface area contributed by atoms with Crippen molar-refractivity contribution in [3.8, 4) is 0 Å². The molecule has 0 aromatic carbocycles. The van der Waals surface area contributed by atoms with Gasteiger partial charge in [-0.2, -0.15) is 0 Å². The average molecular weight is 289 g/mol. The first-order chi connectivity index (χ1) is 9.01. The van der Waals surface area contributed by atoms with Gasteiger partial charge in [0.2, 0.25) is 5.91 Å². The van der Waals surface area contributed by atoms with Gasteiger partial charge in [-0.3, -0.25) is 4.79 Å². The van der Waals surface area contributed by atoms with Crippen LogP contribution in [0.1, 0.15) is 29.5 Å². The van der Waals surface area contributed by atoms with Gasteiger partial charge in [0.05, 0.1) is 24.7 Å². The summed E-state index contributed by atoms with van der Waals surface area (Å²) in [6.45, 7) is 2.29. The zero-order valence-corrected chi connectivity index (χ0v) is 12.0. The fourth-order valence-corrected chi connectivity index (χ4v) is 1.69. The molecule has 0 aliphatic heterocycles. The Morgan fingerprint density at radius 3 is 2.63 bits per heavy atom. The molecule has 19 heavy (non-hydrogen) atoms. The highest BCUT2D eigenvalue weighted by atomic mass is 35.5. The summed E-state index contributed by atoms with van der Waals surface area (Å²) in [6, 6.07) is 0. The molecule has 0 spiro atoms. The van der Waals surface area contributed by atoms with Crippen LogP contribution >= 0.6 is 11.6 Å². The van der Waals surface area contributed by atoms with Crippen LogP contribution in [0.2, 0.25) is 0 Å². The maximum absolute atomic E-state index is 11.6. The molecule has 1 aromatic heterocycles. The maximum atomic E-state index is 11.6. The van der Waals surface area contributed by atoms with Gasteiger partial charge in [-0.25, -0.2) is 9.48 Å². The molecule has 0 aliphatic rings. The molecule has 0 saturated carbocycles. The zero-order valence-electron chi connectivity index (χ0n) is 11.2. The molecule has 0 saturated heterocycles. The monoisotopic (exact) mass is 288 g/mol. The summed E-state index contributed by atoms with van der Waals surface area (Å²) in [5, 5.41) is 7.59. The first kappa shape index (κ1) is 15.4. The van der Waals surface area contributed by atoms with E-state index in [1.54, 1.807) is 21.0 Å². The Morgan fingerprint density at radius 1 is 1.42 bits per heavy atom. The summed E-state index contributed by atoms with van der Waals surface area (Å²) in [4.78, 5) is 24.6. The maximum Gasteiger partial charge on any atom is 0.360 e. The number of amides is 1. The van der Waals surface area contributed by atoms with E-state index < -0.39 is 5.97 Å². The third kappa shape index (κ3) is 3.92. The van der Waals surface area contributed by atoms with Gasteiger partial charge in [0, 0.05) is 20.5 Å². The minimum atomic E-state index is -0.552. The Hall–Kier alpha value is -1.63. The van der Waals surface area contributed by atoms with Gasteiger partial charge < -0.3 is 9.64 Å². The lowest BCUT2D eigenvalue weighted by Crippen LogP contribution is -2.23. The normalized spacial score (nSPS) is 10.3. The van der Waals surface area contributed by atoms with Crippen LogP contribution in [0.15, 0.2) is 0 Å². The van der Waals surface area contributed by atoms with E-state index in [-0.39, 0.29) is 30.5 Å². The molecule has 0 aliphatic carbocycles. The number of rotatable bonds is 6. The second-order valence-electron chi connectivity index (χ2n) is 4.00. The number of hydrogen-bond acceptors (Lipinski definition) is 5. The van der Waals surface area contributed by atoms with Crippen molar-refractivity contribution < 1.29 is 14.3 Å². The summed E-state index contributed by atoms with van der Waals surface area (Å²) in [5.74, 6) is -0.505. The highest BCUT2D eigenvalue weighted by Gasteiger charge is 2.20. The summed E-state index contributed by atoms with van der Waals surface area (Å²) < 4.78 is 6.32. The number of carbonyl (C=O) groups is 2. The average Bonchev–Trinajstić information content (AvgIpc) is 2.78. The van der Waals surface area contributed by atoms with E-state index in [1.807, 2.05) is 0 Å². The van der Waals surface area contributed by atoms with Crippen LogP contribution in [0.4, 0.5) is 0 Å². The van der Waals surface area contributed by atoms with Gasteiger partial charge in [0.1, 0.15) is 0 Å². The molecule has 1 rings (SSSR count). The molecule has 0 bridgehead atoms. The van der Waals surface area contributed by atoms with E-state index in [0.29, 0.717) is 12.2 Å². The van der Waals surface area contributed by atoms with Crippen LogP contribution in [0.3, 0.4) is 0 Å². The van der Waals surface area contributed by atoms with Crippen LogP contribution < -0.4 is 0 Å². The molecule has 0 atom stereocenters. The number of hydrogen-bond donors (Lipinski definition) is 0. The van der Waals surface area contributed by atoms with Gasteiger partial charge in [-0.15, -0.1) is 16.7 Å². The number of esters is 1. The first-order valence-electron chi connectivity index (χ1n) is 5.86. The fourth-order valence-electron chi connectivity index (χ4n) is 1.43. The second kappa shape index (κ2) is 7.08. The SMILES string of the molecule is CCOC(=O)c1nnn(CCC(=O)N(C)C)c1CCl. The van der Waals surface area contributed by atoms with Crippen molar-refractivity contribution in [2.75, 3.05) is 20.7 Å². The quantitative estimate of drug-likeness (QED) is 0.568. The summed E-state index contributed by atoms with van der Waals surface area (Å²) in [6.07, 6.45) is 0.266. The summed E-state index contributed by atoms with van der Waals surface area (Å²) in [7, 11) is 3.35. The Labute approximate surface area is 116 Å². The molecule has 1 aromatic rings. The van der Waals surface area contributed by atoms with E-state index in [4.69, 9.17) is 16.3 Å². The smallest absolute Gasteiger partial charge is 0.360 e. The van der Waals surface area contributed by atoms with E-state index >= 15 is 0 Å². The van der Waals surface area contributed by atoms with Crippen LogP contribution in [0, 0.1) is 0 Å². The molecule has 0 unspecified atom stereocenters. The van der Waals surface area contributed by atoms with E-state index in [2.05, 4.69) is 10.3 Å². The van der Waals surface area contributed by atoms with Crippen molar-refractivity contribution in [1.82, 2.24) is 19.9 Å². The predicted octanol–water partition coefficient (Wildman–Crippen LogP) is 0.672. The standard InChI is InChI=1S/C11H17ClN4O3/c1-4-19-11(18)10-8(7-12)16(14-13-10)6-5-9(17)15(2)3/h4-7H2,1-3H3. The highest BCUT2D eigenvalue weighted by Crippen LogP contribution is 2.11. The minimum Gasteiger partial charge on any atom is -0.461 e. The summed E-state index contributed by atoms with van der Waals surface area (Å²) in [5.41, 5.74) is 0.570. The lowest BCUT2D eigenvalue weighted by molar-refractivity contribution is -0.128. The molecule has 8 heteroatoms. The van der Waals surface area contributed by atoms with Gasteiger partial charge in [-0.1, -0.05) is 5.21 Å². The van der Waals surface area contributed by atoms with Crippen LogP contribution in [-0.4, -0.2) is 52.5 Å². The third-order valence-corrected chi connectivity index (χ3v) is 2.72. The number of ether oxygens (including phenoxy) is 1. The van der Waals surface area contributed by atoms with E-state index in [1.165, 1.54) is 9.58 Å². The van der Waals surface area contributed by atoms with Crippen molar-refractivity contribution in [3.63, 3.8) is 0 Å². The molecular weight excluding hydrogens is 272 g/mol. The van der Waals surface area contributed by atoms with Gasteiger partial charge >= 0.3 is 5.97 Å². The van der Waals surface area contributed by atoms with Crippen molar-refractivity contribution in [3.05, 3.63) is 11.4 Å².